The SMILES string of the molecule is N#Cc1cc(-c2cc(-c3ccccc3)cc(-c3ccccc3)c2)c(C#N)cc1-c1cc(-c2ccccc2)cc(-c2ccccc2)c1. The van der Waals surface area contributed by atoms with Gasteiger partial charge in [0.2, 0.25) is 0 Å². The molecule has 0 radical (unpaired) electrons. The minimum absolute atomic E-state index is 0.518. The summed E-state index contributed by atoms with van der Waals surface area (Å²) in [5.41, 5.74) is 12.8. The van der Waals surface area contributed by atoms with Crippen molar-refractivity contribution in [2.24, 2.45) is 0 Å². The van der Waals surface area contributed by atoms with Gasteiger partial charge in [-0.25, -0.2) is 0 Å². The molecule has 0 N–H and O–H groups in total. The number of nitrogens with zero attached hydrogens (tertiary/aromatic N) is 2. The molecule has 0 spiro atoms. The third kappa shape index (κ3) is 5.72. The molecule has 0 bridgehead atoms. The molecule has 2 nitrogen and oxygen atoms in total. The van der Waals surface area contributed by atoms with Gasteiger partial charge in [0.15, 0.2) is 0 Å². The molecule has 0 fully saturated rings. The third-order valence-electron chi connectivity index (χ3n) is 8.32. The average Bonchev–Trinajstić information content (AvgIpc) is 3.15. The summed E-state index contributed by atoms with van der Waals surface area (Å²) in [6.07, 6.45) is 0. The Morgan fingerprint density at radius 3 is 0.739 bits per heavy atom. The van der Waals surface area contributed by atoms with Gasteiger partial charge in [-0.1, -0.05) is 121 Å². The van der Waals surface area contributed by atoms with Crippen molar-refractivity contribution < 1.29 is 0 Å². The number of rotatable bonds is 6. The van der Waals surface area contributed by atoms with Gasteiger partial charge in [0, 0.05) is 11.1 Å². The summed E-state index contributed by atoms with van der Waals surface area (Å²) in [6, 6.07) is 62.5. The standard InChI is InChI=1S/C44H28N2/c45-29-41-28-44(40-25-37(33-17-9-3-10-18-33)22-38(26-40)34-19-11-4-12-20-34)42(30-46)27-43(41)39-23-35(31-13-5-1-6-14-31)21-36(24-39)32-15-7-2-8-16-32/h1-28H. The van der Waals surface area contributed by atoms with E-state index in [1.807, 2.05) is 84.9 Å². The van der Waals surface area contributed by atoms with Crippen molar-refractivity contribution in [3.8, 4) is 78.9 Å². The Labute approximate surface area is 269 Å². The smallest absolute Gasteiger partial charge is 0.0998 e. The van der Waals surface area contributed by atoms with Gasteiger partial charge in [-0.15, -0.1) is 0 Å². The van der Waals surface area contributed by atoms with E-state index in [-0.39, 0.29) is 0 Å². The fourth-order valence-electron chi connectivity index (χ4n) is 6.02. The molecule has 0 aliphatic carbocycles. The zero-order valence-corrected chi connectivity index (χ0v) is 25.1. The Bertz CT molecular complexity index is 1960. The van der Waals surface area contributed by atoms with E-state index in [4.69, 9.17) is 0 Å². The van der Waals surface area contributed by atoms with Gasteiger partial charge in [0.05, 0.1) is 23.3 Å². The minimum atomic E-state index is 0.518. The van der Waals surface area contributed by atoms with Crippen LogP contribution in [0.2, 0.25) is 0 Å². The summed E-state index contributed by atoms with van der Waals surface area (Å²) in [7, 11) is 0. The van der Waals surface area contributed by atoms with E-state index in [1.165, 1.54) is 0 Å². The first-order chi connectivity index (χ1) is 22.7. The highest BCUT2D eigenvalue weighted by atomic mass is 14.3. The molecule has 7 rings (SSSR count). The molecule has 2 heteroatoms. The molecule has 0 aliphatic heterocycles. The van der Waals surface area contributed by atoms with Gasteiger partial charge in [-0.05, 0) is 104 Å². The van der Waals surface area contributed by atoms with Crippen molar-refractivity contribution in [3.63, 3.8) is 0 Å². The summed E-state index contributed by atoms with van der Waals surface area (Å²) < 4.78 is 0. The Morgan fingerprint density at radius 2 is 0.500 bits per heavy atom. The van der Waals surface area contributed by atoms with Crippen LogP contribution in [0.25, 0.3) is 66.8 Å². The van der Waals surface area contributed by atoms with Gasteiger partial charge in [0.1, 0.15) is 0 Å². The third-order valence-corrected chi connectivity index (χ3v) is 8.32. The molecule has 0 saturated heterocycles. The highest BCUT2D eigenvalue weighted by molar-refractivity contribution is 5.88. The molecule has 46 heavy (non-hydrogen) atoms. The van der Waals surface area contributed by atoms with E-state index in [1.54, 1.807) is 0 Å². The Kier molecular flexibility index (Phi) is 7.77. The molecule has 214 valence electrons. The predicted octanol–water partition coefficient (Wildman–Crippen LogP) is 11.4. The van der Waals surface area contributed by atoms with E-state index < -0.39 is 0 Å². The lowest BCUT2D eigenvalue weighted by Crippen LogP contribution is -1.94. The maximum Gasteiger partial charge on any atom is 0.0998 e. The Balaban J connectivity index is 1.43. The van der Waals surface area contributed by atoms with Crippen LogP contribution in [-0.4, -0.2) is 0 Å². The second-order valence-electron chi connectivity index (χ2n) is 11.2. The van der Waals surface area contributed by atoms with Gasteiger partial charge in [0.25, 0.3) is 0 Å². The van der Waals surface area contributed by atoms with Gasteiger partial charge in [-0.2, -0.15) is 10.5 Å². The molecule has 0 unspecified atom stereocenters. The monoisotopic (exact) mass is 584 g/mol. The van der Waals surface area contributed by atoms with E-state index in [2.05, 4.69) is 97.1 Å². The normalized spacial score (nSPS) is 10.6. The zero-order chi connectivity index (χ0) is 31.3. The molecule has 7 aromatic rings. The predicted molar refractivity (Wildman–Crippen MR) is 188 cm³/mol. The van der Waals surface area contributed by atoms with Crippen molar-refractivity contribution in [1.82, 2.24) is 0 Å². The maximum atomic E-state index is 10.5. The summed E-state index contributed by atoms with van der Waals surface area (Å²) >= 11 is 0. The van der Waals surface area contributed by atoms with Crippen molar-refractivity contribution in [3.05, 3.63) is 181 Å². The minimum Gasteiger partial charge on any atom is -0.192 e. The average molecular weight is 585 g/mol. The second kappa shape index (κ2) is 12.6. The molecular formula is C44H28N2. The first-order valence-electron chi connectivity index (χ1n) is 15.2. The topological polar surface area (TPSA) is 47.6 Å². The van der Waals surface area contributed by atoms with Crippen molar-refractivity contribution in [2.45, 2.75) is 0 Å². The molecule has 0 aromatic heterocycles. The van der Waals surface area contributed by atoms with Crippen LogP contribution >= 0.6 is 0 Å². The largest absolute Gasteiger partial charge is 0.192 e. The van der Waals surface area contributed by atoms with Gasteiger partial charge in [-0.3, -0.25) is 0 Å². The van der Waals surface area contributed by atoms with E-state index in [0.717, 1.165) is 66.8 Å². The van der Waals surface area contributed by atoms with E-state index in [9.17, 15) is 10.5 Å². The highest BCUT2D eigenvalue weighted by Crippen LogP contribution is 2.39. The van der Waals surface area contributed by atoms with Crippen LogP contribution in [0.1, 0.15) is 11.1 Å². The van der Waals surface area contributed by atoms with Gasteiger partial charge >= 0.3 is 0 Å². The van der Waals surface area contributed by atoms with Gasteiger partial charge < -0.3 is 0 Å². The fraction of sp³-hybridized carbons (Fsp3) is 0. The van der Waals surface area contributed by atoms with Crippen LogP contribution in [0.15, 0.2) is 170 Å². The number of benzene rings is 7. The summed E-state index contributed by atoms with van der Waals surface area (Å²) in [5.74, 6) is 0. The lowest BCUT2D eigenvalue weighted by atomic mass is 9.87. The molecule has 0 heterocycles. The molecule has 0 atom stereocenters. The van der Waals surface area contributed by atoms with Crippen LogP contribution < -0.4 is 0 Å². The lowest BCUT2D eigenvalue weighted by molar-refractivity contribution is 1.44. The molecule has 7 aromatic carbocycles. The van der Waals surface area contributed by atoms with Crippen molar-refractivity contribution in [1.29, 1.82) is 10.5 Å². The van der Waals surface area contributed by atoms with Crippen LogP contribution in [-0.2, 0) is 0 Å². The van der Waals surface area contributed by atoms with E-state index in [0.29, 0.717) is 11.1 Å². The van der Waals surface area contributed by atoms with Crippen LogP contribution in [0, 0.1) is 22.7 Å². The second-order valence-corrected chi connectivity index (χ2v) is 11.2. The van der Waals surface area contributed by atoms with Crippen molar-refractivity contribution >= 4 is 0 Å². The molecule has 0 amide bonds. The number of hydrogen-bond donors (Lipinski definition) is 0. The summed E-state index contributed by atoms with van der Waals surface area (Å²) in [4.78, 5) is 0. The van der Waals surface area contributed by atoms with E-state index >= 15 is 0 Å². The molecule has 0 saturated carbocycles. The Hall–Kier alpha value is -6.48. The lowest BCUT2D eigenvalue weighted by Gasteiger charge is -2.16. The van der Waals surface area contributed by atoms with Crippen molar-refractivity contribution in [2.75, 3.05) is 0 Å². The maximum absolute atomic E-state index is 10.5. The fourth-order valence-corrected chi connectivity index (χ4v) is 6.02. The van der Waals surface area contributed by atoms with Crippen LogP contribution in [0.4, 0.5) is 0 Å². The zero-order valence-electron chi connectivity index (χ0n) is 25.1. The van der Waals surface area contributed by atoms with Crippen LogP contribution in [0.5, 0.6) is 0 Å². The quantitative estimate of drug-likeness (QED) is 0.195. The van der Waals surface area contributed by atoms with Crippen LogP contribution in [0.3, 0.4) is 0 Å². The summed E-state index contributed by atoms with van der Waals surface area (Å²) in [5, 5.41) is 21.0. The summed E-state index contributed by atoms with van der Waals surface area (Å²) in [6.45, 7) is 0. The highest BCUT2D eigenvalue weighted by Gasteiger charge is 2.17. The number of hydrogen-bond acceptors (Lipinski definition) is 2. The Morgan fingerprint density at radius 1 is 0.261 bits per heavy atom. The first kappa shape index (κ1) is 28.3. The first-order valence-corrected chi connectivity index (χ1v) is 15.2. The molecular weight excluding hydrogens is 556 g/mol. The number of nitriles is 2. The molecule has 0 aliphatic rings.